The molecule has 0 aliphatic heterocycles. The van der Waals surface area contributed by atoms with Crippen molar-refractivity contribution in [3.63, 3.8) is 0 Å². The number of hydrogen-bond donors (Lipinski definition) is 1. The number of nitrogens with one attached hydrogen (secondary N) is 1. The first-order valence-corrected chi connectivity index (χ1v) is 11.0. The summed E-state index contributed by atoms with van der Waals surface area (Å²) in [6, 6.07) is 15.3. The maximum atomic E-state index is 12.7. The Balaban J connectivity index is 1.42. The summed E-state index contributed by atoms with van der Waals surface area (Å²) < 4.78 is 6.20. The second-order valence-corrected chi connectivity index (χ2v) is 8.55. The Morgan fingerprint density at radius 1 is 1.17 bits per heavy atom. The van der Waals surface area contributed by atoms with E-state index in [0.717, 1.165) is 21.5 Å². The molecule has 0 fully saturated rings. The van der Waals surface area contributed by atoms with E-state index in [9.17, 15) is 4.79 Å². The Morgan fingerprint density at radius 3 is 2.63 bits per heavy atom. The summed E-state index contributed by atoms with van der Waals surface area (Å²) in [5.74, 6) is 0.654. The van der Waals surface area contributed by atoms with Crippen LogP contribution in [0.1, 0.15) is 13.3 Å². The van der Waals surface area contributed by atoms with Crippen LogP contribution in [0.3, 0.4) is 0 Å². The number of ether oxygens (including phenoxy) is 1. The molecule has 0 bridgehead atoms. The van der Waals surface area contributed by atoms with E-state index in [1.165, 1.54) is 23.1 Å². The zero-order valence-electron chi connectivity index (χ0n) is 16.4. The topological polar surface area (TPSA) is 89.9 Å². The summed E-state index contributed by atoms with van der Waals surface area (Å²) in [5.41, 5.74) is 2.43. The van der Waals surface area contributed by atoms with Crippen molar-refractivity contribution in [1.29, 1.82) is 0 Å². The van der Waals surface area contributed by atoms with E-state index in [1.54, 1.807) is 13.3 Å². The third kappa shape index (κ3) is 4.58. The molecule has 1 N–H and O–H groups in total. The molecule has 0 saturated carbocycles. The molecule has 2 heterocycles. The van der Waals surface area contributed by atoms with Gasteiger partial charge in [-0.05, 0) is 42.8 Å². The number of carbonyl (C=O) groups is 1. The average Bonchev–Trinajstić information content (AvgIpc) is 3.20. The fraction of sp³-hybridized carbons (Fsp3) is 0.190. The molecular formula is C21H19N5O2S2. The lowest BCUT2D eigenvalue weighted by Gasteiger charge is -2.12. The molecule has 1 amide bonds. The monoisotopic (exact) mass is 437 g/mol. The zero-order chi connectivity index (χ0) is 20.9. The fourth-order valence-electron chi connectivity index (χ4n) is 2.77. The molecule has 30 heavy (non-hydrogen) atoms. The van der Waals surface area contributed by atoms with Crippen molar-refractivity contribution in [2.24, 2.45) is 0 Å². The van der Waals surface area contributed by atoms with Gasteiger partial charge in [0.05, 0.1) is 28.8 Å². The second-order valence-electron chi connectivity index (χ2n) is 6.35. The minimum absolute atomic E-state index is 0.121. The number of nitrogens with zero attached hydrogens (tertiary/aromatic N) is 4. The van der Waals surface area contributed by atoms with Crippen molar-refractivity contribution in [2.45, 2.75) is 23.8 Å². The number of thiazole rings is 1. The van der Waals surface area contributed by atoms with E-state index in [0.29, 0.717) is 22.4 Å². The van der Waals surface area contributed by atoms with Crippen LogP contribution in [-0.4, -0.2) is 38.4 Å². The maximum Gasteiger partial charge on any atom is 0.239 e. The van der Waals surface area contributed by atoms with Crippen LogP contribution in [0.4, 0.5) is 5.13 Å². The van der Waals surface area contributed by atoms with E-state index in [1.807, 2.05) is 55.5 Å². The van der Waals surface area contributed by atoms with Crippen molar-refractivity contribution in [1.82, 2.24) is 20.2 Å². The molecule has 0 radical (unpaired) electrons. The molecule has 0 spiro atoms. The van der Waals surface area contributed by atoms with Crippen molar-refractivity contribution in [2.75, 3.05) is 12.4 Å². The van der Waals surface area contributed by atoms with Gasteiger partial charge in [-0.1, -0.05) is 42.2 Å². The molecule has 4 rings (SSSR count). The van der Waals surface area contributed by atoms with Crippen LogP contribution in [0.5, 0.6) is 5.75 Å². The molecule has 0 aliphatic carbocycles. The molecule has 0 aliphatic rings. The van der Waals surface area contributed by atoms with Crippen molar-refractivity contribution >= 4 is 44.4 Å². The van der Waals surface area contributed by atoms with Crippen LogP contribution in [0, 0.1) is 0 Å². The Bertz CT molecular complexity index is 1110. The van der Waals surface area contributed by atoms with Gasteiger partial charge in [0.2, 0.25) is 11.1 Å². The van der Waals surface area contributed by atoms with Crippen LogP contribution in [0.15, 0.2) is 59.9 Å². The number of methoxy groups -OCH3 is 1. The lowest BCUT2D eigenvalue weighted by Crippen LogP contribution is -2.24. The zero-order valence-corrected chi connectivity index (χ0v) is 18.0. The number of carbonyl (C=O) groups excluding carboxylic acids is 1. The molecule has 0 saturated heterocycles. The van der Waals surface area contributed by atoms with Gasteiger partial charge in [0.25, 0.3) is 0 Å². The van der Waals surface area contributed by atoms with E-state index < -0.39 is 0 Å². The molecular weight excluding hydrogens is 418 g/mol. The van der Waals surface area contributed by atoms with Crippen LogP contribution in [0.25, 0.3) is 21.5 Å². The molecule has 9 heteroatoms. The lowest BCUT2D eigenvalue weighted by atomic mass is 10.2. The van der Waals surface area contributed by atoms with Crippen molar-refractivity contribution in [3.05, 3.63) is 54.7 Å². The third-order valence-electron chi connectivity index (χ3n) is 4.36. The second kappa shape index (κ2) is 9.19. The lowest BCUT2D eigenvalue weighted by molar-refractivity contribution is -0.115. The Morgan fingerprint density at radius 2 is 1.97 bits per heavy atom. The Kier molecular flexibility index (Phi) is 6.20. The van der Waals surface area contributed by atoms with Gasteiger partial charge in [-0.2, -0.15) is 0 Å². The van der Waals surface area contributed by atoms with E-state index in [4.69, 9.17) is 4.74 Å². The number of hydrogen-bond acceptors (Lipinski definition) is 8. The minimum atomic E-state index is -0.342. The number of rotatable bonds is 7. The number of aromatic nitrogens is 4. The van der Waals surface area contributed by atoms with Gasteiger partial charge < -0.3 is 10.1 Å². The summed E-state index contributed by atoms with van der Waals surface area (Å²) in [4.78, 5) is 21.6. The summed E-state index contributed by atoms with van der Waals surface area (Å²) in [6.07, 6.45) is 2.29. The number of para-hydroxylation sites is 1. The third-order valence-corrected chi connectivity index (χ3v) is 6.54. The molecule has 2 aromatic heterocycles. The van der Waals surface area contributed by atoms with E-state index in [2.05, 4.69) is 25.5 Å². The number of amides is 1. The average molecular weight is 438 g/mol. The highest BCUT2D eigenvalue weighted by Crippen LogP contribution is 2.28. The highest BCUT2D eigenvalue weighted by Gasteiger charge is 2.21. The Hall–Kier alpha value is -3.04. The minimum Gasteiger partial charge on any atom is -0.497 e. The first-order chi connectivity index (χ1) is 14.7. The van der Waals surface area contributed by atoms with Gasteiger partial charge in [0, 0.05) is 5.56 Å². The van der Waals surface area contributed by atoms with Crippen LogP contribution >= 0.6 is 23.1 Å². The van der Waals surface area contributed by atoms with Gasteiger partial charge in [0.15, 0.2) is 5.13 Å². The molecule has 7 nitrogen and oxygen atoms in total. The van der Waals surface area contributed by atoms with Crippen molar-refractivity contribution < 1.29 is 9.53 Å². The van der Waals surface area contributed by atoms with E-state index in [-0.39, 0.29) is 11.2 Å². The maximum absolute atomic E-state index is 12.7. The first-order valence-electron chi connectivity index (χ1n) is 9.33. The van der Waals surface area contributed by atoms with Gasteiger partial charge >= 0.3 is 0 Å². The Labute approximate surface area is 181 Å². The quantitative estimate of drug-likeness (QED) is 0.420. The molecule has 1 unspecified atom stereocenters. The standard InChI is InChI=1S/C21H19N5O2S2/c1-3-17(19(27)24-21-23-15-6-4-5-7-18(15)30-21)29-20-22-12-16(25-26-20)13-8-10-14(28-2)11-9-13/h4-12,17H,3H2,1-2H3,(H,23,24,27). The predicted octanol–water partition coefficient (Wildman–Crippen LogP) is 4.67. The van der Waals surface area contributed by atoms with E-state index >= 15 is 0 Å². The van der Waals surface area contributed by atoms with Crippen LogP contribution < -0.4 is 10.1 Å². The highest BCUT2D eigenvalue weighted by atomic mass is 32.2. The van der Waals surface area contributed by atoms with Crippen molar-refractivity contribution in [3.8, 4) is 17.0 Å². The number of benzene rings is 2. The highest BCUT2D eigenvalue weighted by molar-refractivity contribution is 8.00. The fourth-order valence-corrected chi connectivity index (χ4v) is 4.43. The molecule has 152 valence electrons. The van der Waals surface area contributed by atoms with Gasteiger partial charge in [-0.3, -0.25) is 4.79 Å². The largest absolute Gasteiger partial charge is 0.497 e. The number of thioether (sulfide) groups is 1. The number of fused-ring (bicyclic) bond motifs is 1. The molecule has 4 aromatic rings. The normalized spacial score (nSPS) is 11.9. The van der Waals surface area contributed by atoms with Crippen LogP contribution in [-0.2, 0) is 4.79 Å². The summed E-state index contributed by atoms with van der Waals surface area (Å²) in [5, 5.41) is 12.1. The van der Waals surface area contributed by atoms with Gasteiger partial charge in [-0.15, -0.1) is 10.2 Å². The molecule has 2 aromatic carbocycles. The number of anilines is 1. The SMILES string of the molecule is CCC(Sc1ncc(-c2ccc(OC)cc2)nn1)C(=O)Nc1nc2ccccc2s1. The smallest absolute Gasteiger partial charge is 0.239 e. The van der Waals surface area contributed by atoms with Crippen LogP contribution in [0.2, 0.25) is 0 Å². The summed E-state index contributed by atoms with van der Waals surface area (Å²) in [7, 11) is 1.62. The van der Waals surface area contributed by atoms with Gasteiger partial charge in [0.1, 0.15) is 11.4 Å². The predicted molar refractivity (Wildman–Crippen MR) is 120 cm³/mol. The summed E-state index contributed by atoms with van der Waals surface area (Å²) in [6.45, 7) is 1.95. The summed E-state index contributed by atoms with van der Waals surface area (Å²) >= 11 is 2.75. The van der Waals surface area contributed by atoms with Gasteiger partial charge in [-0.25, -0.2) is 9.97 Å². The molecule has 1 atom stereocenters. The first kappa shape index (κ1) is 20.2.